The Morgan fingerprint density at radius 2 is 1.76 bits per heavy atom. The molecular formula is C14H18F4O3. The first-order chi connectivity index (χ1) is 9.48. The SMILES string of the molecule is COc1c(F)cccc1C(C)(C)CC(O)(CO)C(F)(F)F. The first-order valence-corrected chi connectivity index (χ1v) is 6.21. The molecule has 7 heteroatoms. The molecule has 1 atom stereocenters. The Balaban J connectivity index is 3.26. The third-order valence-electron chi connectivity index (χ3n) is 3.42. The summed E-state index contributed by atoms with van der Waals surface area (Å²) in [7, 11) is 1.21. The van der Waals surface area contributed by atoms with Crippen LogP contribution < -0.4 is 4.74 Å². The largest absolute Gasteiger partial charge is 0.493 e. The molecule has 1 unspecified atom stereocenters. The maximum atomic E-state index is 13.7. The minimum atomic E-state index is -5.00. The predicted molar refractivity (Wildman–Crippen MR) is 68.7 cm³/mol. The summed E-state index contributed by atoms with van der Waals surface area (Å²) in [6, 6.07) is 3.90. The molecule has 1 aromatic carbocycles. The van der Waals surface area contributed by atoms with Crippen LogP contribution in [0.5, 0.6) is 5.75 Å². The molecule has 0 aliphatic carbocycles. The number of ether oxygens (including phenoxy) is 1. The predicted octanol–water partition coefficient (Wildman–Crippen LogP) is 2.79. The van der Waals surface area contributed by atoms with Crippen molar-refractivity contribution in [3.05, 3.63) is 29.6 Å². The summed E-state index contributed by atoms with van der Waals surface area (Å²) in [4.78, 5) is 0. The summed E-state index contributed by atoms with van der Waals surface area (Å²) < 4.78 is 57.3. The van der Waals surface area contributed by atoms with Crippen molar-refractivity contribution in [3.63, 3.8) is 0 Å². The summed E-state index contributed by atoms with van der Waals surface area (Å²) in [6.07, 6.45) is -5.83. The number of halogens is 4. The van der Waals surface area contributed by atoms with Crippen LogP contribution in [0.15, 0.2) is 18.2 Å². The van der Waals surface area contributed by atoms with Gasteiger partial charge in [0.1, 0.15) is 0 Å². The molecular weight excluding hydrogens is 292 g/mol. The van der Waals surface area contributed by atoms with Crippen LogP contribution in [0.4, 0.5) is 17.6 Å². The molecule has 0 heterocycles. The first-order valence-electron chi connectivity index (χ1n) is 6.21. The molecule has 0 aromatic heterocycles. The van der Waals surface area contributed by atoms with E-state index in [-0.39, 0.29) is 11.3 Å². The molecule has 0 saturated carbocycles. The molecule has 0 spiro atoms. The topological polar surface area (TPSA) is 49.7 Å². The van der Waals surface area contributed by atoms with E-state index in [1.54, 1.807) is 0 Å². The van der Waals surface area contributed by atoms with Gasteiger partial charge in [0, 0.05) is 5.56 Å². The third kappa shape index (κ3) is 3.47. The summed E-state index contributed by atoms with van der Waals surface area (Å²) in [5.41, 5.74) is -4.37. The van der Waals surface area contributed by atoms with Crippen molar-refractivity contribution in [1.29, 1.82) is 0 Å². The van der Waals surface area contributed by atoms with E-state index in [1.165, 1.54) is 33.1 Å². The maximum absolute atomic E-state index is 13.7. The second-order valence-corrected chi connectivity index (χ2v) is 5.57. The van der Waals surface area contributed by atoms with Crippen LogP contribution in [-0.2, 0) is 5.41 Å². The van der Waals surface area contributed by atoms with Gasteiger partial charge in [0.05, 0.1) is 13.7 Å². The molecule has 3 nitrogen and oxygen atoms in total. The summed E-state index contributed by atoms with van der Waals surface area (Å²) in [5, 5.41) is 18.6. The Morgan fingerprint density at radius 3 is 2.19 bits per heavy atom. The lowest BCUT2D eigenvalue weighted by molar-refractivity contribution is -0.277. The van der Waals surface area contributed by atoms with Crippen molar-refractivity contribution in [1.82, 2.24) is 0 Å². The Hall–Kier alpha value is -1.34. The van der Waals surface area contributed by atoms with Crippen LogP contribution in [0.1, 0.15) is 25.8 Å². The van der Waals surface area contributed by atoms with Crippen molar-refractivity contribution >= 4 is 0 Å². The highest BCUT2D eigenvalue weighted by Crippen LogP contribution is 2.43. The Labute approximate surface area is 120 Å². The average Bonchev–Trinajstić information content (AvgIpc) is 2.36. The highest BCUT2D eigenvalue weighted by atomic mass is 19.4. The fraction of sp³-hybridized carbons (Fsp3) is 0.571. The monoisotopic (exact) mass is 310 g/mol. The lowest BCUT2D eigenvalue weighted by atomic mass is 9.74. The minimum Gasteiger partial charge on any atom is -0.493 e. The number of methoxy groups -OCH3 is 1. The molecule has 0 aliphatic heterocycles. The molecule has 120 valence electrons. The van der Waals surface area contributed by atoms with Gasteiger partial charge in [-0.05, 0) is 17.9 Å². The van der Waals surface area contributed by atoms with E-state index in [2.05, 4.69) is 0 Å². The van der Waals surface area contributed by atoms with Gasteiger partial charge in [-0.3, -0.25) is 0 Å². The van der Waals surface area contributed by atoms with Crippen LogP contribution >= 0.6 is 0 Å². The van der Waals surface area contributed by atoms with Crippen LogP contribution in [0.25, 0.3) is 0 Å². The highest BCUT2D eigenvalue weighted by molar-refractivity contribution is 5.40. The van der Waals surface area contributed by atoms with Gasteiger partial charge in [-0.25, -0.2) is 4.39 Å². The lowest BCUT2D eigenvalue weighted by Crippen LogP contribution is -2.52. The lowest BCUT2D eigenvalue weighted by Gasteiger charge is -2.37. The van der Waals surface area contributed by atoms with Crippen LogP contribution in [-0.4, -0.2) is 35.7 Å². The fourth-order valence-electron chi connectivity index (χ4n) is 2.32. The summed E-state index contributed by atoms with van der Waals surface area (Å²) >= 11 is 0. The third-order valence-corrected chi connectivity index (χ3v) is 3.42. The van der Waals surface area contributed by atoms with Gasteiger partial charge < -0.3 is 14.9 Å². The van der Waals surface area contributed by atoms with Crippen molar-refractivity contribution < 1.29 is 32.5 Å². The number of alkyl halides is 3. The minimum absolute atomic E-state index is 0.176. The molecule has 0 amide bonds. The fourth-order valence-corrected chi connectivity index (χ4v) is 2.32. The number of benzene rings is 1. The maximum Gasteiger partial charge on any atom is 0.419 e. The zero-order valence-corrected chi connectivity index (χ0v) is 12.0. The van der Waals surface area contributed by atoms with Crippen molar-refractivity contribution in [2.24, 2.45) is 0 Å². The Morgan fingerprint density at radius 1 is 1.19 bits per heavy atom. The first kappa shape index (κ1) is 17.7. The molecule has 0 bridgehead atoms. The zero-order chi connectivity index (χ0) is 16.5. The van der Waals surface area contributed by atoms with Crippen molar-refractivity contribution in [2.45, 2.75) is 37.5 Å². The van der Waals surface area contributed by atoms with Gasteiger partial charge >= 0.3 is 6.18 Å². The van der Waals surface area contributed by atoms with E-state index < -0.39 is 36.0 Å². The molecule has 0 radical (unpaired) electrons. The van der Waals surface area contributed by atoms with E-state index in [4.69, 9.17) is 9.84 Å². The number of para-hydroxylation sites is 1. The summed E-state index contributed by atoms with van der Waals surface area (Å²) in [6.45, 7) is 1.35. The van der Waals surface area contributed by atoms with Gasteiger partial charge in [0.2, 0.25) is 0 Å². The number of aliphatic hydroxyl groups is 2. The van der Waals surface area contributed by atoms with E-state index >= 15 is 0 Å². The van der Waals surface area contributed by atoms with E-state index in [0.717, 1.165) is 6.07 Å². The van der Waals surface area contributed by atoms with Gasteiger partial charge in [0.25, 0.3) is 0 Å². The van der Waals surface area contributed by atoms with Crippen molar-refractivity contribution in [3.8, 4) is 5.75 Å². The second-order valence-electron chi connectivity index (χ2n) is 5.57. The number of hydrogen-bond acceptors (Lipinski definition) is 3. The highest BCUT2D eigenvalue weighted by Gasteiger charge is 2.56. The second kappa shape index (κ2) is 5.81. The number of aliphatic hydroxyl groups excluding tert-OH is 1. The molecule has 0 aliphatic rings. The molecule has 21 heavy (non-hydrogen) atoms. The van der Waals surface area contributed by atoms with E-state index in [0.29, 0.717) is 0 Å². The van der Waals surface area contributed by atoms with Crippen LogP contribution in [0.3, 0.4) is 0 Å². The zero-order valence-electron chi connectivity index (χ0n) is 12.0. The number of hydrogen-bond donors (Lipinski definition) is 2. The van der Waals surface area contributed by atoms with Crippen LogP contribution in [0, 0.1) is 5.82 Å². The van der Waals surface area contributed by atoms with E-state index in [1.807, 2.05) is 0 Å². The van der Waals surface area contributed by atoms with E-state index in [9.17, 15) is 22.7 Å². The molecule has 0 fully saturated rings. The quantitative estimate of drug-likeness (QED) is 0.822. The van der Waals surface area contributed by atoms with Gasteiger partial charge in [-0.2, -0.15) is 13.2 Å². The summed E-state index contributed by atoms with van der Waals surface area (Å²) in [5.74, 6) is -0.882. The van der Waals surface area contributed by atoms with Gasteiger partial charge in [-0.15, -0.1) is 0 Å². The Kier molecular flexibility index (Phi) is 4.90. The molecule has 1 aromatic rings. The van der Waals surface area contributed by atoms with Crippen LogP contribution in [0.2, 0.25) is 0 Å². The molecule has 2 N–H and O–H groups in total. The standard InChI is InChI=1S/C14H18F4O3/c1-12(2,7-13(20,8-19)14(16,17)18)9-5-4-6-10(15)11(9)21-3/h4-6,19-20H,7-8H2,1-3H3. The molecule has 1 rings (SSSR count). The normalized spacial score (nSPS) is 15.7. The molecule has 0 saturated heterocycles. The number of rotatable bonds is 5. The average molecular weight is 310 g/mol. The smallest absolute Gasteiger partial charge is 0.419 e. The van der Waals surface area contributed by atoms with Gasteiger partial charge in [-0.1, -0.05) is 26.0 Å². The van der Waals surface area contributed by atoms with Gasteiger partial charge in [0.15, 0.2) is 17.2 Å². The van der Waals surface area contributed by atoms with Crippen molar-refractivity contribution in [2.75, 3.05) is 13.7 Å². The Bertz CT molecular complexity index is 499.